The van der Waals surface area contributed by atoms with Gasteiger partial charge in [-0.25, -0.2) is 0 Å². The summed E-state index contributed by atoms with van der Waals surface area (Å²) in [6.07, 6.45) is 2.01. The Bertz CT molecular complexity index is 447. The van der Waals surface area contributed by atoms with Crippen LogP contribution in [0.1, 0.15) is 50.2 Å². The molecule has 0 fully saturated rings. The molecule has 0 aliphatic rings. The van der Waals surface area contributed by atoms with Gasteiger partial charge in [0.1, 0.15) is 11.3 Å². The normalized spacial score (nSPS) is 11.1. The van der Waals surface area contributed by atoms with Crippen LogP contribution in [0, 0.1) is 0 Å². The summed E-state index contributed by atoms with van der Waals surface area (Å²) in [6.45, 7) is 7.21. The van der Waals surface area contributed by atoms with Crippen LogP contribution in [0.15, 0.2) is 18.3 Å². The molecule has 0 atom stereocenters. The fourth-order valence-corrected chi connectivity index (χ4v) is 1.53. The largest absolute Gasteiger partial charge is 0.460 e. The van der Waals surface area contributed by atoms with E-state index in [2.05, 4.69) is 4.98 Å². The van der Waals surface area contributed by atoms with Gasteiger partial charge in [0.25, 0.3) is 0 Å². The molecule has 0 aromatic carbocycles. The maximum atomic E-state index is 11.7. The molecule has 0 radical (unpaired) electrons. The van der Waals surface area contributed by atoms with Gasteiger partial charge in [-0.05, 0) is 32.4 Å². The zero-order valence-electron chi connectivity index (χ0n) is 11.3. The van der Waals surface area contributed by atoms with Gasteiger partial charge in [0, 0.05) is 12.6 Å². The molecule has 1 aromatic heterocycles. The Morgan fingerprint density at radius 2 is 2.00 bits per heavy atom. The zero-order valence-corrected chi connectivity index (χ0v) is 11.3. The number of pyridine rings is 1. The lowest BCUT2D eigenvalue weighted by molar-refractivity contribution is -0.153. The number of ether oxygens (including phenoxy) is 1. The van der Waals surface area contributed by atoms with Crippen LogP contribution in [0.25, 0.3) is 0 Å². The van der Waals surface area contributed by atoms with Gasteiger partial charge in [0.2, 0.25) is 0 Å². The molecule has 4 heteroatoms. The molecule has 1 aromatic rings. The van der Waals surface area contributed by atoms with E-state index >= 15 is 0 Å². The topological polar surface area (TPSA) is 56.3 Å². The summed E-state index contributed by atoms with van der Waals surface area (Å²) in [7, 11) is 0. The smallest absolute Gasteiger partial charge is 0.310 e. The lowest BCUT2D eigenvalue weighted by Crippen LogP contribution is -2.25. The molecule has 0 saturated heterocycles. The Morgan fingerprint density at radius 3 is 2.56 bits per heavy atom. The number of carbonyl (C=O) groups is 2. The van der Waals surface area contributed by atoms with E-state index < -0.39 is 5.60 Å². The molecule has 1 heterocycles. The fraction of sp³-hybridized carbons (Fsp3) is 0.500. The van der Waals surface area contributed by atoms with Crippen LogP contribution in [0.2, 0.25) is 0 Å². The van der Waals surface area contributed by atoms with Crippen molar-refractivity contribution >= 4 is 11.8 Å². The standard InChI is InChI=1S/C14H19NO3/c1-5-11(16)13-10(7-6-8-15-13)9-12(17)18-14(2,3)4/h6-8H,5,9H2,1-4H3. The number of ketones is 1. The van der Waals surface area contributed by atoms with Crippen LogP contribution in [0.3, 0.4) is 0 Å². The Balaban J connectivity index is 2.85. The van der Waals surface area contributed by atoms with E-state index in [4.69, 9.17) is 4.74 Å². The molecule has 4 nitrogen and oxygen atoms in total. The molecule has 0 spiro atoms. The van der Waals surface area contributed by atoms with E-state index in [9.17, 15) is 9.59 Å². The van der Waals surface area contributed by atoms with E-state index in [-0.39, 0.29) is 18.2 Å². The van der Waals surface area contributed by atoms with Gasteiger partial charge in [0.15, 0.2) is 5.78 Å². The van der Waals surface area contributed by atoms with E-state index in [0.717, 1.165) is 0 Å². The summed E-state index contributed by atoms with van der Waals surface area (Å²) in [6, 6.07) is 3.45. The number of rotatable bonds is 4. The highest BCUT2D eigenvalue weighted by atomic mass is 16.6. The molecule has 0 amide bonds. The first-order chi connectivity index (χ1) is 8.33. The van der Waals surface area contributed by atoms with Crippen molar-refractivity contribution in [2.45, 2.75) is 46.1 Å². The van der Waals surface area contributed by atoms with Crippen molar-refractivity contribution < 1.29 is 14.3 Å². The molecule has 1 rings (SSSR count). The molecule has 0 bridgehead atoms. The van der Waals surface area contributed by atoms with Crippen molar-refractivity contribution in [3.63, 3.8) is 0 Å². The summed E-state index contributed by atoms with van der Waals surface area (Å²) >= 11 is 0. The van der Waals surface area contributed by atoms with Gasteiger partial charge < -0.3 is 4.74 Å². The maximum absolute atomic E-state index is 11.7. The lowest BCUT2D eigenvalue weighted by Gasteiger charge is -2.19. The maximum Gasteiger partial charge on any atom is 0.310 e. The Hall–Kier alpha value is -1.71. The summed E-state index contributed by atoms with van der Waals surface area (Å²) < 4.78 is 5.23. The summed E-state index contributed by atoms with van der Waals surface area (Å²) in [4.78, 5) is 27.5. The number of hydrogen-bond acceptors (Lipinski definition) is 4. The molecule has 0 aliphatic carbocycles. The van der Waals surface area contributed by atoms with Gasteiger partial charge in [0.05, 0.1) is 6.42 Å². The second-order valence-corrected chi connectivity index (χ2v) is 5.05. The Labute approximate surface area is 107 Å². The molecule has 0 N–H and O–H groups in total. The minimum Gasteiger partial charge on any atom is -0.460 e. The fourth-order valence-electron chi connectivity index (χ4n) is 1.53. The van der Waals surface area contributed by atoms with Crippen LogP contribution in [0.5, 0.6) is 0 Å². The minimum absolute atomic E-state index is 0.0610. The van der Waals surface area contributed by atoms with Gasteiger partial charge >= 0.3 is 5.97 Å². The third kappa shape index (κ3) is 4.28. The van der Waals surface area contributed by atoms with Gasteiger partial charge in [-0.2, -0.15) is 0 Å². The summed E-state index contributed by atoms with van der Waals surface area (Å²) in [5.41, 5.74) is 0.471. The Kier molecular flexibility index (Phi) is 4.59. The average molecular weight is 249 g/mol. The van der Waals surface area contributed by atoms with Crippen molar-refractivity contribution in [1.29, 1.82) is 0 Å². The van der Waals surface area contributed by atoms with Crippen molar-refractivity contribution in [2.24, 2.45) is 0 Å². The quantitative estimate of drug-likeness (QED) is 0.608. The molecule has 0 unspecified atom stereocenters. The van der Waals surface area contributed by atoms with E-state index in [0.29, 0.717) is 17.7 Å². The number of hydrogen-bond donors (Lipinski definition) is 0. The van der Waals surface area contributed by atoms with E-state index in [1.807, 2.05) is 20.8 Å². The average Bonchev–Trinajstić information content (AvgIpc) is 2.26. The predicted molar refractivity (Wildman–Crippen MR) is 68.4 cm³/mol. The highest BCUT2D eigenvalue weighted by Crippen LogP contribution is 2.13. The molecule has 18 heavy (non-hydrogen) atoms. The first-order valence-corrected chi connectivity index (χ1v) is 6.02. The third-order valence-corrected chi connectivity index (χ3v) is 2.23. The van der Waals surface area contributed by atoms with E-state index in [1.54, 1.807) is 25.3 Å². The molecular weight excluding hydrogens is 230 g/mol. The Morgan fingerprint density at radius 1 is 1.33 bits per heavy atom. The minimum atomic E-state index is -0.520. The number of aromatic nitrogens is 1. The van der Waals surface area contributed by atoms with Crippen LogP contribution >= 0.6 is 0 Å². The number of nitrogens with zero attached hydrogens (tertiary/aromatic N) is 1. The molecular formula is C14H19NO3. The predicted octanol–water partition coefficient (Wildman–Crippen LogP) is 2.56. The first-order valence-electron chi connectivity index (χ1n) is 6.02. The third-order valence-electron chi connectivity index (χ3n) is 2.23. The zero-order chi connectivity index (χ0) is 13.8. The van der Waals surface area contributed by atoms with Crippen LogP contribution in [-0.4, -0.2) is 22.3 Å². The van der Waals surface area contributed by atoms with Gasteiger partial charge in [-0.15, -0.1) is 0 Å². The van der Waals surface area contributed by atoms with Gasteiger partial charge in [-0.1, -0.05) is 13.0 Å². The SMILES string of the molecule is CCC(=O)c1ncccc1CC(=O)OC(C)(C)C. The summed E-state index contributed by atoms with van der Waals surface area (Å²) in [5, 5.41) is 0. The molecule has 0 aliphatic heterocycles. The summed E-state index contributed by atoms with van der Waals surface area (Å²) in [5.74, 6) is -0.408. The lowest BCUT2D eigenvalue weighted by atomic mass is 10.1. The highest BCUT2D eigenvalue weighted by Gasteiger charge is 2.19. The number of Topliss-reactive ketones (excluding diaryl/α,β-unsaturated/α-hetero) is 1. The molecule has 98 valence electrons. The highest BCUT2D eigenvalue weighted by molar-refractivity contribution is 5.96. The number of esters is 1. The van der Waals surface area contributed by atoms with Crippen LogP contribution in [-0.2, 0) is 16.0 Å². The van der Waals surface area contributed by atoms with Crippen molar-refractivity contribution in [3.8, 4) is 0 Å². The number of carbonyl (C=O) groups excluding carboxylic acids is 2. The van der Waals surface area contributed by atoms with Crippen molar-refractivity contribution in [2.75, 3.05) is 0 Å². The van der Waals surface area contributed by atoms with Crippen molar-refractivity contribution in [1.82, 2.24) is 4.98 Å². The van der Waals surface area contributed by atoms with Crippen molar-refractivity contribution in [3.05, 3.63) is 29.6 Å². The molecule has 0 saturated carbocycles. The van der Waals surface area contributed by atoms with Crippen LogP contribution < -0.4 is 0 Å². The monoisotopic (exact) mass is 249 g/mol. The van der Waals surface area contributed by atoms with Gasteiger partial charge in [-0.3, -0.25) is 14.6 Å². The van der Waals surface area contributed by atoms with E-state index in [1.165, 1.54) is 0 Å². The first kappa shape index (κ1) is 14.4. The van der Waals surface area contributed by atoms with Crippen LogP contribution in [0.4, 0.5) is 0 Å². The second kappa shape index (κ2) is 5.76. The second-order valence-electron chi connectivity index (χ2n) is 5.05.